The Bertz CT molecular complexity index is 2370. The Balaban J connectivity index is 1.16. The molecule has 0 amide bonds. The molecule has 218 valence electrons. The number of fused-ring (bicyclic) bond motifs is 5. The Morgan fingerprint density at radius 1 is 0.522 bits per heavy atom. The summed E-state index contributed by atoms with van der Waals surface area (Å²) in [6.07, 6.45) is 6.18. The van der Waals surface area contributed by atoms with E-state index in [1.807, 2.05) is 12.1 Å². The molecule has 0 radical (unpaired) electrons. The summed E-state index contributed by atoms with van der Waals surface area (Å²) in [4.78, 5) is 15.3. The number of para-hydroxylation sites is 1. The van der Waals surface area contributed by atoms with Gasteiger partial charge in [0, 0.05) is 22.3 Å². The van der Waals surface area contributed by atoms with Crippen LogP contribution in [-0.4, -0.2) is 21.1 Å². The molecular formula is C42H29N3O. The molecule has 7 aromatic rings. The van der Waals surface area contributed by atoms with Gasteiger partial charge in [0.25, 0.3) is 0 Å². The van der Waals surface area contributed by atoms with Gasteiger partial charge in [-0.25, -0.2) is 15.0 Å². The molecule has 4 nitrogen and oxygen atoms in total. The molecule has 1 aromatic heterocycles. The van der Waals surface area contributed by atoms with E-state index >= 15 is 0 Å². The monoisotopic (exact) mass is 591 g/mol. The smallest absolute Gasteiger partial charge is 0.164 e. The topological polar surface area (TPSA) is 47.9 Å². The van der Waals surface area contributed by atoms with Crippen molar-refractivity contribution in [2.75, 3.05) is 0 Å². The molecule has 0 N–H and O–H groups in total. The first-order valence-corrected chi connectivity index (χ1v) is 15.6. The van der Waals surface area contributed by atoms with E-state index in [2.05, 4.69) is 146 Å². The molecule has 0 bridgehead atoms. The Hall–Kier alpha value is -5.87. The van der Waals surface area contributed by atoms with Gasteiger partial charge in [-0.1, -0.05) is 133 Å². The highest BCUT2D eigenvalue weighted by atomic mass is 16.5. The van der Waals surface area contributed by atoms with Crippen molar-refractivity contribution < 1.29 is 4.74 Å². The van der Waals surface area contributed by atoms with Crippen LogP contribution in [0.3, 0.4) is 0 Å². The summed E-state index contributed by atoms with van der Waals surface area (Å²) in [5.41, 5.74) is 6.00. The molecule has 0 fully saturated rings. The number of aromatic nitrogens is 3. The van der Waals surface area contributed by atoms with Crippen molar-refractivity contribution >= 4 is 27.1 Å². The standard InChI is InChI=1S/C42H29N3O/c1-42-24-8-13-35(38(42)46-37-15-7-6-14-36(37)42)41-44-39(43-40(45-41)34-23-19-28-10-3-5-12-32(28)26-34)30-20-16-29(17-21-30)33-22-18-27-9-2-4-11-31(27)25-33/h2-26,38H,1H3. The zero-order chi connectivity index (χ0) is 30.7. The minimum absolute atomic E-state index is 0.245. The third kappa shape index (κ3) is 4.33. The first-order valence-electron chi connectivity index (χ1n) is 15.6. The van der Waals surface area contributed by atoms with Crippen molar-refractivity contribution in [2.45, 2.75) is 18.4 Å². The fourth-order valence-electron chi connectivity index (χ4n) is 6.87. The molecule has 4 heteroatoms. The van der Waals surface area contributed by atoms with Crippen LogP contribution in [0, 0.1) is 0 Å². The van der Waals surface area contributed by atoms with Gasteiger partial charge >= 0.3 is 0 Å². The Morgan fingerprint density at radius 3 is 1.80 bits per heavy atom. The van der Waals surface area contributed by atoms with E-state index in [4.69, 9.17) is 19.7 Å². The number of hydrogen-bond donors (Lipinski definition) is 0. The van der Waals surface area contributed by atoms with E-state index in [0.717, 1.165) is 33.4 Å². The molecule has 0 saturated heterocycles. The van der Waals surface area contributed by atoms with Crippen molar-refractivity contribution in [2.24, 2.45) is 0 Å². The van der Waals surface area contributed by atoms with Crippen LogP contribution in [0.4, 0.5) is 0 Å². The highest BCUT2D eigenvalue weighted by molar-refractivity contribution is 5.88. The quantitative estimate of drug-likeness (QED) is 0.204. The van der Waals surface area contributed by atoms with Crippen molar-refractivity contribution in [3.63, 3.8) is 0 Å². The van der Waals surface area contributed by atoms with E-state index in [9.17, 15) is 0 Å². The highest BCUT2D eigenvalue weighted by Crippen LogP contribution is 2.49. The normalized spacial score (nSPS) is 18.2. The van der Waals surface area contributed by atoms with Crippen LogP contribution in [0.15, 0.2) is 152 Å². The number of hydrogen-bond acceptors (Lipinski definition) is 4. The summed E-state index contributed by atoms with van der Waals surface area (Å²) in [6, 6.07) is 46.6. The number of nitrogens with zero attached hydrogens (tertiary/aromatic N) is 3. The Labute approximate surface area is 267 Å². The maximum absolute atomic E-state index is 6.61. The molecule has 0 spiro atoms. The van der Waals surface area contributed by atoms with Gasteiger partial charge in [-0.3, -0.25) is 0 Å². The predicted octanol–water partition coefficient (Wildman–Crippen LogP) is 9.85. The molecule has 9 rings (SSSR count). The number of benzene rings is 6. The SMILES string of the molecule is CC12C=CC=C(c3nc(-c4ccc(-c5ccc6ccccc6c5)cc4)nc(-c4ccc5ccccc5c4)n3)C1Oc1ccccc12. The number of rotatable bonds is 4. The Morgan fingerprint density at radius 2 is 1.07 bits per heavy atom. The zero-order valence-electron chi connectivity index (χ0n) is 25.3. The third-order valence-electron chi connectivity index (χ3n) is 9.38. The first kappa shape index (κ1) is 26.5. The summed E-state index contributed by atoms with van der Waals surface area (Å²) in [7, 11) is 0. The molecule has 1 aliphatic heterocycles. The summed E-state index contributed by atoms with van der Waals surface area (Å²) in [6.45, 7) is 2.23. The van der Waals surface area contributed by atoms with E-state index in [0.29, 0.717) is 17.5 Å². The molecule has 2 aliphatic rings. The second kappa shape index (κ2) is 10.4. The van der Waals surface area contributed by atoms with Crippen molar-refractivity contribution in [3.05, 3.63) is 163 Å². The van der Waals surface area contributed by atoms with Crippen LogP contribution >= 0.6 is 0 Å². The van der Waals surface area contributed by atoms with Gasteiger partial charge in [-0.15, -0.1) is 0 Å². The lowest BCUT2D eigenvalue weighted by atomic mass is 9.73. The van der Waals surface area contributed by atoms with E-state index in [1.54, 1.807) is 0 Å². The van der Waals surface area contributed by atoms with Crippen molar-refractivity contribution in [3.8, 4) is 39.7 Å². The van der Waals surface area contributed by atoms with Crippen LogP contribution in [-0.2, 0) is 5.41 Å². The van der Waals surface area contributed by atoms with Gasteiger partial charge in [0.2, 0.25) is 0 Å². The molecule has 0 saturated carbocycles. The average Bonchev–Trinajstić information content (AvgIpc) is 3.43. The summed E-state index contributed by atoms with van der Waals surface area (Å²) in [5.74, 6) is 2.80. The van der Waals surface area contributed by atoms with Crippen molar-refractivity contribution in [1.29, 1.82) is 0 Å². The number of ether oxygens (including phenoxy) is 1. The van der Waals surface area contributed by atoms with E-state index in [-0.39, 0.29) is 11.5 Å². The minimum atomic E-state index is -0.321. The molecule has 1 aliphatic carbocycles. The second-order valence-corrected chi connectivity index (χ2v) is 12.3. The van der Waals surface area contributed by atoms with Crippen LogP contribution < -0.4 is 4.74 Å². The predicted molar refractivity (Wildman–Crippen MR) is 186 cm³/mol. The molecule has 2 unspecified atom stereocenters. The molecule has 6 aromatic carbocycles. The van der Waals surface area contributed by atoms with Gasteiger partial charge in [-0.05, 0) is 57.8 Å². The van der Waals surface area contributed by atoms with Crippen LogP contribution in [0.25, 0.3) is 61.0 Å². The maximum Gasteiger partial charge on any atom is 0.164 e. The second-order valence-electron chi connectivity index (χ2n) is 12.3. The van der Waals surface area contributed by atoms with E-state index in [1.165, 1.54) is 27.3 Å². The average molecular weight is 592 g/mol. The molecule has 2 atom stereocenters. The fourth-order valence-corrected chi connectivity index (χ4v) is 6.87. The van der Waals surface area contributed by atoms with Gasteiger partial charge < -0.3 is 4.74 Å². The van der Waals surface area contributed by atoms with Crippen LogP contribution in [0.5, 0.6) is 5.75 Å². The van der Waals surface area contributed by atoms with Gasteiger partial charge in [0.1, 0.15) is 11.9 Å². The highest BCUT2D eigenvalue weighted by Gasteiger charge is 2.47. The first-order chi connectivity index (χ1) is 22.6. The zero-order valence-corrected chi connectivity index (χ0v) is 25.3. The lowest BCUT2D eigenvalue weighted by molar-refractivity contribution is 0.237. The lowest BCUT2D eigenvalue weighted by Crippen LogP contribution is -2.36. The van der Waals surface area contributed by atoms with E-state index < -0.39 is 0 Å². The largest absolute Gasteiger partial charge is 0.484 e. The van der Waals surface area contributed by atoms with Gasteiger partial charge in [0.05, 0.1) is 5.41 Å². The summed E-state index contributed by atoms with van der Waals surface area (Å²) in [5, 5.41) is 4.78. The maximum atomic E-state index is 6.61. The third-order valence-corrected chi connectivity index (χ3v) is 9.38. The van der Waals surface area contributed by atoms with Crippen LogP contribution in [0.2, 0.25) is 0 Å². The summed E-state index contributed by atoms with van der Waals surface area (Å²) >= 11 is 0. The van der Waals surface area contributed by atoms with Crippen molar-refractivity contribution in [1.82, 2.24) is 15.0 Å². The molecular weight excluding hydrogens is 562 g/mol. The number of allylic oxidation sites excluding steroid dienone is 2. The molecule has 46 heavy (non-hydrogen) atoms. The summed E-state index contributed by atoms with van der Waals surface area (Å²) < 4.78 is 6.61. The van der Waals surface area contributed by atoms with Crippen LogP contribution in [0.1, 0.15) is 18.3 Å². The minimum Gasteiger partial charge on any atom is -0.484 e. The van der Waals surface area contributed by atoms with Gasteiger partial charge in [0.15, 0.2) is 17.5 Å². The molecule has 2 heterocycles. The fraction of sp³-hybridized carbons (Fsp3) is 0.0714. The Kier molecular flexibility index (Phi) is 5.97. The lowest BCUT2D eigenvalue weighted by Gasteiger charge is -2.31. The van der Waals surface area contributed by atoms with Gasteiger partial charge in [-0.2, -0.15) is 0 Å².